The molecule has 1 aliphatic heterocycles. The summed E-state index contributed by atoms with van der Waals surface area (Å²) in [6.45, 7) is 1.49. The summed E-state index contributed by atoms with van der Waals surface area (Å²) in [6, 6.07) is 8.05. The van der Waals surface area contributed by atoms with Crippen molar-refractivity contribution < 1.29 is 9.59 Å². The minimum Gasteiger partial charge on any atom is -0.319 e. The third kappa shape index (κ3) is 3.31. The van der Waals surface area contributed by atoms with Crippen LogP contribution < -0.4 is 5.32 Å². The van der Waals surface area contributed by atoms with Gasteiger partial charge >= 0.3 is 6.03 Å². The largest absolute Gasteiger partial charge is 0.325 e. The summed E-state index contributed by atoms with van der Waals surface area (Å²) < 4.78 is 0. The minimum absolute atomic E-state index is 0.0658. The average Bonchev–Trinajstić information content (AvgIpc) is 2.74. The molecule has 1 aromatic carbocycles. The van der Waals surface area contributed by atoms with Crippen LogP contribution in [0.1, 0.15) is 25.3 Å². The van der Waals surface area contributed by atoms with Gasteiger partial charge in [0.2, 0.25) is 0 Å². The van der Waals surface area contributed by atoms with Crippen LogP contribution in [0.5, 0.6) is 0 Å². The number of rotatable bonds is 5. The molecule has 1 N–H and O–H groups in total. The first-order valence-electron chi connectivity index (χ1n) is 7.19. The molecule has 1 aromatic rings. The van der Waals surface area contributed by atoms with E-state index in [0.717, 1.165) is 4.90 Å². The fraction of sp³-hybridized carbons (Fsp3) is 0.375. The first kappa shape index (κ1) is 18.1. The molecule has 2 atom stereocenters. The maximum absolute atomic E-state index is 12.8. The third-order valence-corrected chi connectivity index (χ3v) is 4.48. The van der Waals surface area contributed by atoms with E-state index in [-0.39, 0.29) is 18.0 Å². The molecule has 6 nitrogen and oxygen atoms in total. The van der Waals surface area contributed by atoms with E-state index in [1.165, 1.54) is 6.07 Å². The minimum atomic E-state index is -1.33. The van der Waals surface area contributed by atoms with Gasteiger partial charge in [0.25, 0.3) is 5.91 Å². The topological polar surface area (TPSA) is 97.0 Å². The van der Waals surface area contributed by atoms with Gasteiger partial charge in [-0.2, -0.15) is 10.5 Å². The van der Waals surface area contributed by atoms with Gasteiger partial charge in [0.05, 0.1) is 18.1 Å². The van der Waals surface area contributed by atoms with Crippen molar-refractivity contribution in [1.82, 2.24) is 10.2 Å². The second kappa shape index (κ2) is 7.09. The number of nitrogens with zero attached hydrogens (tertiary/aromatic N) is 3. The van der Waals surface area contributed by atoms with Crippen molar-refractivity contribution in [3.63, 3.8) is 0 Å². The zero-order valence-corrected chi connectivity index (χ0v) is 14.4. The monoisotopic (exact) mass is 364 g/mol. The number of halogens is 2. The van der Waals surface area contributed by atoms with Crippen LogP contribution in [-0.4, -0.2) is 23.4 Å². The number of nitriles is 2. The molecule has 1 aliphatic rings. The molecule has 0 radical (unpaired) electrons. The van der Waals surface area contributed by atoms with E-state index < -0.39 is 23.4 Å². The van der Waals surface area contributed by atoms with Gasteiger partial charge in [-0.05, 0) is 25.5 Å². The standard InChI is InChI=1S/C16H14Cl2N4O2/c1-16(12-5-4-11(17)7-13(12)18)14(23)22(15(24)21-16)9-10(8-20)3-2-6-19/h4-5,7,10H,2-3,9H2,1H3,(H,21,24)/t10-,16-/m1/s1. The van der Waals surface area contributed by atoms with Crippen molar-refractivity contribution in [1.29, 1.82) is 10.5 Å². The van der Waals surface area contributed by atoms with E-state index in [9.17, 15) is 9.59 Å². The molecule has 0 aromatic heterocycles. The number of urea groups is 1. The molecule has 124 valence electrons. The molecule has 3 amide bonds. The van der Waals surface area contributed by atoms with E-state index in [0.29, 0.717) is 17.0 Å². The lowest BCUT2D eigenvalue weighted by Gasteiger charge is -2.24. The molecule has 1 heterocycles. The van der Waals surface area contributed by atoms with Gasteiger partial charge in [0.1, 0.15) is 5.54 Å². The third-order valence-electron chi connectivity index (χ3n) is 3.93. The number of carbonyl (C=O) groups excluding carboxylic acids is 2. The molecule has 0 aliphatic carbocycles. The summed E-state index contributed by atoms with van der Waals surface area (Å²) in [5.41, 5.74) is -0.895. The van der Waals surface area contributed by atoms with Gasteiger partial charge in [-0.3, -0.25) is 9.69 Å². The fourth-order valence-corrected chi connectivity index (χ4v) is 3.19. The Morgan fingerprint density at radius 1 is 1.33 bits per heavy atom. The van der Waals surface area contributed by atoms with Crippen molar-refractivity contribution in [3.8, 4) is 12.1 Å². The van der Waals surface area contributed by atoms with Gasteiger partial charge in [-0.25, -0.2) is 4.79 Å². The van der Waals surface area contributed by atoms with Crippen LogP contribution in [0, 0.1) is 28.6 Å². The van der Waals surface area contributed by atoms with Gasteiger partial charge in [-0.15, -0.1) is 0 Å². The van der Waals surface area contributed by atoms with Crippen molar-refractivity contribution >= 4 is 35.1 Å². The number of nitrogens with one attached hydrogen (secondary N) is 1. The molecular weight excluding hydrogens is 351 g/mol. The smallest absolute Gasteiger partial charge is 0.319 e. The van der Waals surface area contributed by atoms with Crippen molar-refractivity contribution in [2.45, 2.75) is 25.3 Å². The Kier molecular flexibility index (Phi) is 5.33. The lowest BCUT2D eigenvalue weighted by atomic mass is 9.91. The van der Waals surface area contributed by atoms with Crippen molar-refractivity contribution in [2.75, 3.05) is 6.54 Å². The van der Waals surface area contributed by atoms with E-state index in [2.05, 4.69) is 5.32 Å². The van der Waals surface area contributed by atoms with Crippen LogP contribution in [0.2, 0.25) is 10.0 Å². The first-order chi connectivity index (χ1) is 11.3. The maximum Gasteiger partial charge on any atom is 0.325 e. The number of hydrogen-bond acceptors (Lipinski definition) is 4. The van der Waals surface area contributed by atoms with Gasteiger partial charge < -0.3 is 5.32 Å². The zero-order valence-electron chi connectivity index (χ0n) is 12.8. The highest BCUT2D eigenvalue weighted by Gasteiger charge is 2.50. The van der Waals surface area contributed by atoms with E-state index in [1.54, 1.807) is 19.1 Å². The molecular formula is C16H14Cl2N4O2. The number of amides is 3. The van der Waals surface area contributed by atoms with Gasteiger partial charge in [0.15, 0.2) is 0 Å². The van der Waals surface area contributed by atoms with Crippen LogP contribution in [0.3, 0.4) is 0 Å². The Bertz CT molecular complexity index is 768. The van der Waals surface area contributed by atoms with Gasteiger partial charge in [0, 0.05) is 28.6 Å². The Morgan fingerprint density at radius 3 is 2.62 bits per heavy atom. The van der Waals surface area contributed by atoms with Crippen LogP contribution in [0.15, 0.2) is 18.2 Å². The van der Waals surface area contributed by atoms with E-state index >= 15 is 0 Å². The number of benzene rings is 1. The highest BCUT2D eigenvalue weighted by atomic mass is 35.5. The maximum atomic E-state index is 12.8. The summed E-state index contributed by atoms with van der Waals surface area (Å²) in [6.07, 6.45) is 0.477. The van der Waals surface area contributed by atoms with E-state index in [4.69, 9.17) is 33.7 Å². The van der Waals surface area contributed by atoms with E-state index in [1.807, 2.05) is 12.1 Å². The summed E-state index contributed by atoms with van der Waals surface area (Å²) in [5.74, 6) is -1.09. The highest BCUT2D eigenvalue weighted by molar-refractivity contribution is 6.35. The van der Waals surface area contributed by atoms with Crippen LogP contribution in [0.25, 0.3) is 0 Å². The zero-order chi connectivity index (χ0) is 17.9. The lowest BCUT2D eigenvalue weighted by molar-refractivity contribution is -0.131. The predicted molar refractivity (Wildman–Crippen MR) is 88.0 cm³/mol. The average molecular weight is 365 g/mol. The van der Waals surface area contributed by atoms with Crippen molar-refractivity contribution in [3.05, 3.63) is 33.8 Å². The lowest BCUT2D eigenvalue weighted by Crippen LogP contribution is -2.41. The van der Waals surface area contributed by atoms with Gasteiger partial charge in [-0.1, -0.05) is 29.3 Å². The molecule has 2 rings (SSSR count). The molecule has 0 bridgehead atoms. The molecule has 0 saturated carbocycles. The number of carbonyl (C=O) groups is 2. The Morgan fingerprint density at radius 2 is 2.04 bits per heavy atom. The van der Waals surface area contributed by atoms with Crippen LogP contribution >= 0.6 is 23.2 Å². The molecule has 1 saturated heterocycles. The molecule has 8 heteroatoms. The Labute approximate surface area is 149 Å². The normalized spacial score (nSPS) is 21.1. The summed E-state index contributed by atoms with van der Waals surface area (Å²) in [7, 11) is 0. The number of imide groups is 1. The van der Waals surface area contributed by atoms with Crippen molar-refractivity contribution in [2.24, 2.45) is 5.92 Å². The fourth-order valence-electron chi connectivity index (χ4n) is 2.60. The summed E-state index contributed by atoms with van der Waals surface area (Å²) >= 11 is 12.0. The molecule has 1 fully saturated rings. The molecule has 0 spiro atoms. The SMILES string of the molecule is C[C@]1(c2ccc(Cl)cc2Cl)NC(=O)N(C[C@@H](C#N)CCC#N)C1=O. The van der Waals surface area contributed by atoms with Crippen LogP contribution in [-0.2, 0) is 10.3 Å². The highest BCUT2D eigenvalue weighted by Crippen LogP contribution is 2.35. The second-order valence-corrected chi connectivity index (χ2v) is 6.46. The second-order valence-electron chi connectivity index (χ2n) is 5.62. The molecule has 0 unspecified atom stereocenters. The summed E-state index contributed by atoms with van der Waals surface area (Å²) in [5, 5.41) is 21.1. The Hall–Kier alpha value is -2.28. The summed E-state index contributed by atoms with van der Waals surface area (Å²) in [4.78, 5) is 26.0. The van der Waals surface area contributed by atoms with Crippen LogP contribution in [0.4, 0.5) is 4.79 Å². The quantitative estimate of drug-likeness (QED) is 0.811. The number of hydrogen-bond donors (Lipinski definition) is 1. The predicted octanol–water partition coefficient (Wildman–Crippen LogP) is 3.20. The Balaban J connectivity index is 2.28. The first-order valence-corrected chi connectivity index (χ1v) is 7.95. The molecule has 24 heavy (non-hydrogen) atoms.